The van der Waals surface area contributed by atoms with E-state index in [4.69, 9.17) is 15.0 Å². The average molecular weight is 257 g/mol. The summed E-state index contributed by atoms with van der Waals surface area (Å²) >= 11 is 0. The van der Waals surface area contributed by atoms with Crippen LogP contribution >= 0.6 is 0 Å². The predicted molar refractivity (Wildman–Crippen MR) is 74.1 cm³/mol. The SMILES string of the molecule is COc1cccc2c1c(-c1oncc1N)c(C)n2C. The fourth-order valence-electron chi connectivity index (χ4n) is 2.46. The van der Waals surface area contributed by atoms with Gasteiger partial charge in [0.05, 0.1) is 29.8 Å². The van der Waals surface area contributed by atoms with Crippen molar-refractivity contribution in [2.45, 2.75) is 6.92 Å². The molecule has 3 aromatic rings. The van der Waals surface area contributed by atoms with Gasteiger partial charge in [0.1, 0.15) is 11.4 Å². The number of fused-ring (bicyclic) bond motifs is 1. The number of hydrogen-bond acceptors (Lipinski definition) is 4. The first kappa shape index (κ1) is 11.6. The molecular formula is C14H15N3O2. The van der Waals surface area contributed by atoms with Crippen molar-refractivity contribution in [2.24, 2.45) is 7.05 Å². The van der Waals surface area contributed by atoms with Gasteiger partial charge in [-0.05, 0) is 19.1 Å². The first-order chi connectivity index (χ1) is 9.15. The van der Waals surface area contributed by atoms with Crippen molar-refractivity contribution < 1.29 is 9.26 Å². The Kier molecular flexibility index (Phi) is 2.48. The Labute approximate surface area is 110 Å². The number of methoxy groups -OCH3 is 1. The molecular weight excluding hydrogens is 242 g/mol. The summed E-state index contributed by atoms with van der Waals surface area (Å²) in [4.78, 5) is 0. The zero-order valence-electron chi connectivity index (χ0n) is 11.1. The molecule has 2 N–H and O–H groups in total. The van der Waals surface area contributed by atoms with Crippen molar-refractivity contribution in [2.75, 3.05) is 12.8 Å². The van der Waals surface area contributed by atoms with E-state index >= 15 is 0 Å². The van der Waals surface area contributed by atoms with Gasteiger partial charge in [-0.2, -0.15) is 0 Å². The highest BCUT2D eigenvalue weighted by molar-refractivity contribution is 6.02. The minimum absolute atomic E-state index is 0.529. The summed E-state index contributed by atoms with van der Waals surface area (Å²) in [5, 5.41) is 4.75. The molecule has 0 aliphatic heterocycles. The van der Waals surface area contributed by atoms with E-state index in [-0.39, 0.29) is 0 Å². The molecule has 5 nitrogen and oxygen atoms in total. The van der Waals surface area contributed by atoms with Gasteiger partial charge in [-0.3, -0.25) is 0 Å². The minimum Gasteiger partial charge on any atom is -0.496 e. The lowest BCUT2D eigenvalue weighted by molar-refractivity contribution is 0.419. The second-order valence-electron chi connectivity index (χ2n) is 4.48. The van der Waals surface area contributed by atoms with Crippen molar-refractivity contribution in [3.05, 3.63) is 30.1 Å². The smallest absolute Gasteiger partial charge is 0.192 e. The Morgan fingerprint density at radius 1 is 1.37 bits per heavy atom. The molecule has 0 saturated heterocycles. The number of anilines is 1. The summed E-state index contributed by atoms with van der Waals surface area (Å²) in [6, 6.07) is 5.94. The summed E-state index contributed by atoms with van der Waals surface area (Å²) in [7, 11) is 3.66. The number of benzene rings is 1. The van der Waals surface area contributed by atoms with Crippen LogP contribution in [0.5, 0.6) is 5.75 Å². The van der Waals surface area contributed by atoms with Crippen LogP contribution in [0.3, 0.4) is 0 Å². The fourth-order valence-corrected chi connectivity index (χ4v) is 2.46. The highest BCUT2D eigenvalue weighted by Gasteiger charge is 2.21. The summed E-state index contributed by atoms with van der Waals surface area (Å²) in [5.74, 6) is 1.39. The Morgan fingerprint density at radius 2 is 2.16 bits per heavy atom. The molecule has 0 atom stereocenters. The molecule has 2 aromatic heterocycles. The van der Waals surface area contributed by atoms with E-state index in [1.807, 2.05) is 32.2 Å². The Hall–Kier alpha value is -2.43. The van der Waals surface area contributed by atoms with E-state index in [2.05, 4.69) is 9.72 Å². The minimum atomic E-state index is 0.529. The van der Waals surface area contributed by atoms with Crippen LogP contribution < -0.4 is 10.5 Å². The monoisotopic (exact) mass is 257 g/mol. The van der Waals surface area contributed by atoms with E-state index in [9.17, 15) is 0 Å². The van der Waals surface area contributed by atoms with Gasteiger partial charge in [-0.15, -0.1) is 0 Å². The molecule has 3 rings (SSSR count). The molecule has 0 aliphatic rings. The molecule has 0 fully saturated rings. The molecule has 0 spiro atoms. The Morgan fingerprint density at radius 3 is 2.79 bits per heavy atom. The van der Waals surface area contributed by atoms with Crippen molar-refractivity contribution >= 4 is 16.6 Å². The largest absolute Gasteiger partial charge is 0.496 e. The molecule has 5 heteroatoms. The Bertz CT molecular complexity index is 755. The number of nitrogens with zero attached hydrogens (tertiary/aromatic N) is 2. The molecule has 19 heavy (non-hydrogen) atoms. The third-order valence-electron chi connectivity index (χ3n) is 3.53. The molecule has 0 aliphatic carbocycles. The van der Waals surface area contributed by atoms with Crippen LogP contribution in [0, 0.1) is 6.92 Å². The van der Waals surface area contributed by atoms with Gasteiger partial charge in [0.15, 0.2) is 5.76 Å². The number of aromatic nitrogens is 2. The van der Waals surface area contributed by atoms with Crippen molar-refractivity contribution in [1.82, 2.24) is 9.72 Å². The van der Waals surface area contributed by atoms with E-state index < -0.39 is 0 Å². The van der Waals surface area contributed by atoms with Crippen LogP contribution in [0.4, 0.5) is 5.69 Å². The van der Waals surface area contributed by atoms with Crippen LogP contribution in [0.2, 0.25) is 0 Å². The third-order valence-corrected chi connectivity index (χ3v) is 3.53. The molecule has 1 aromatic carbocycles. The highest BCUT2D eigenvalue weighted by Crippen LogP contribution is 2.41. The molecule has 0 bridgehead atoms. The quantitative estimate of drug-likeness (QED) is 0.766. The maximum atomic E-state index is 5.93. The number of nitrogens with two attached hydrogens (primary N) is 1. The standard InChI is InChI=1S/C14H15N3O2/c1-8-12(14-9(15)7-16-19-14)13-10(17(8)2)5-4-6-11(13)18-3/h4-7H,15H2,1-3H3. The summed E-state index contributed by atoms with van der Waals surface area (Å²) in [6.45, 7) is 2.02. The normalized spacial score (nSPS) is 11.1. The lowest BCUT2D eigenvalue weighted by atomic mass is 10.1. The fraction of sp³-hybridized carbons (Fsp3) is 0.214. The van der Waals surface area contributed by atoms with Crippen LogP contribution in [0.1, 0.15) is 5.69 Å². The Balaban J connectivity index is 2.48. The molecule has 2 heterocycles. The van der Waals surface area contributed by atoms with E-state index in [0.29, 0.717) is 11.4 Å². The van der Waals surface area contributed by atoms with E-state index in [1.165, 1.54) is 6.20 Å². The maximum Gasteiger partial charge on any atom is 0.192 e. The van der Waals surface area contributed by atoms with Gasteiger partial charge in [0, 0.05) is 12.7 Å². The van der Waals surface area contributed by atoms with Crippen LogP contribution in [-0.4, -0.2) is 16.8 Å². The zero-order chi connectivity index (χ0) is 13.6. The first-order valence-electron chi connectivity index (χ1n) is 5.97. The number of aryl methyl sites for hydroxylation is 1. The second kappa shape index (κ2) is 4.05. The predicted octanol–water partition coefficient (Wildman–Crippen LogP) is 2.73. The topological polar surface area (TPSA) is 66.2 Å². The average Bonchev–Trinajstić information content (AvgIpc) is 2.93. The molecule has 98 valence electrons. The summed E-state index contributed by atoms with van der Waals surface area (Å²) in [6.07, 6.45) is 1.52. The van der Waals surface area contributed by atoms with Crippen LogP contribution in [-0.2, 0) is 7.05 Å². The van der Waals surface area contributed by atoms with Gasteiger partial charge in [-0.25, -0.2) is 0 Å². The lowest BCUT2D eigenvalue weighted by Crippen LogP contribution is -1.91. The van der Waals surface area contributed by atoms with Crippen molar-refractivity contribution in [3.8, 4) is 17.1 Å². The maximum absolute atomic E-state index is 5.93. The van der Waals surface area contributed by atoms with Gasteiger partial charge in [-0.1, -0.05) is 11.2 Å². The number of rotatable bonds is 2. The summed E-state index contributed by atoms with van der Waals surface area (Å²) < 4.78 is 12.9. The molecule has 0 radical (unpaired) electrons. The number of hydrogen-bond donors (Lipinski definition) is 1. The van der Waals surface area contributed by atoms with Crippen LogP contribution in [0.15, 0.2) is 28.9 Å². The van der Waals surface area contributed by atoms with Gasteiger partial charge < -0.3 is 19.6 Å². The molecule has 0 amide bonds. The molecule has 0 saturated carbocycles. The first-order valence-corrected chi connectivity index (χ1v) is 5.97. The van der Waals surface area contributed by atoms with Crippen molar-refractivity contribution in [1.29, 1.82) is 0 Å². The highest BCUT2D eigenvalue weighted by atomic mass is 16.5. The van der Waals surface area contributed by atoms with E-state index in [1.54, 1.807) is 7.11 Å². The third kappa shape index (κ3) is 1.51. The number of nitrogen functional groups attached to an aromatic ring is 1. The molecule has 0 unspecified atom stereocenters. The summed E-state index contributed by atoms with van der Waals surface area (Å²) in [5.41, 5.74) is 9.52. The van der Waals surface area contributed by atoms with Crippen molar-refractivity contribution in [3.63, 3.8) is 0 Å². The zero-order valence-corrected chi connectivity index (χ0v) is 11.1. The lowest BCUT2D eigenvalue weighted by Gasteiger charge is -2.03. The van der Waals surface area contributed by atoms with Gasteiger partial charge in [0.2, 0.25) is 0 Å². The van der Waals surface area contributed by atoms with Gasteiger partial charge >= 0.3 is 0 Å². The number of ether oxygens (including phenoxy) is 1. The second-order valence-corrected chi connectivity index (χ2v) is 4.48. The van der Waals surface area contributed by atoms with E-state index in [0.717, 1.165) is 27.9 Å². The van der Waals surface area contributed by atoms with Gasteiger partial charge in [0.25, 0.3) is 0 Å². The van der Waals surface area contributed by atoms with Crippen LogP contribution in [0.25, 0.3) is 22.2 Å².